The lowest BCUT2D eigenvalue weighted by Gasteiger charge is -1.80. The average molecular weight is 199 g/mol. The smallest absolute Gasteiger partial charge is 0.148 e. The van der Waals surface area contributed by atoms with Crippen LogP contribution in [0.2, 0.25) is 0 Å². The molecular weight excluding hydrogens is 194 g/mol. The van der Waals surface area contributed by atoms with E-state index in [1.54, 1.807) is 11.3 Å². The monoisotopic (exact) mass is 199 g/mol. The first kappa shape index (κ1) is 8.90. The van der Waals surface area contributed by atoms with Gasteiger partial charge in [-0.05, 0) is 12.1 Å². The molecule has 0 aliphatic rings. The second-order valence-electron chi connectivity index (χ2n) is 1.96. The molecule has 2 aromatic rings. The molecule has 0 spiro atoms. The predicted molar refractivity (Wildman–Crippen MR) is 54.5 cm³/mol. The number of nitrogens with zero attached hydrogens (tertiary/aromatic N) is 1. The van der Waals surface area contributed by atoms with E-state index in [-0.39, 0.29) is 13.5 Å². The lowest BCUT2D eigenvalue weighted by atomic mass is 10.3. The minimum absolute atomic E-state index is 0. The van der Waals surface area contributed by atoms with E-state index in [1.165, 1.54) is 4.70 Å². The Hall–Kier alpha value is -0.190. The quantitative estimate of drug-likeness (QED) is 0.643. The van der Waals surface area contributed by atoms with E-state index >= 15 is 0 Å². The molecule has 0 N–H and O–H groups in total. The molecule has 0 saturated heterocycles. The van der Waals surface area contributed by atoms with Crippen LogP contribution in [0, 0.1) is 0 Å². The molecule has 1 heterocycles. The minimum atomic E-state index is 0. The highest BCUT2D eigenvalue weighted by Gasteiger charge is 1.96. The lowest BCUT2D eigenvalue weighted by Crippen LogP contribution is -1.63. The zero-order valence-corrected chi connectivity index (χ0v) is 8.05. The van der Waals surface area contributed by atoms with Crippen molar-refractivity contribution in [3.05, 3.63) is 24.3 Å². The summed E-state index contributed by atoms with van der Waals surface area (Å²) in [5, 5.41) is 0. The van der Waals surface area contributed by atoms with Gasteiger partial charge in [-0.3, -0.25) is 0 Å². The van der Waals surface area contributed by atoms with Crippen LogP contribution >= 0.6 is 37.5 Å². The van der Waals surface area contributed by atoms with Crippen LogP contribution in [0.25, 0.3) is 10.2 Å². The fourth-order valence-electron chi connectivity index (χ4n) is 0.860. The maximum Gasteiger partial charge on any atom is 0.148 e. The van der Waals surface area contributed by atoms with Gasteiger partial charge in [-0.1, -0.05) is 12.1 Å². The van der Waals surface area contributed by atoms with Crippen molar-refractivity contribution >= 4 is 47.7 Å². The number of hydrogen-bond acceptors (Lipinski definition) is 3. The van der Waals surface area contributed by atoms with Gasteiger partial charge < -0.3 is 0 Å². The van der Waals surface area contributed by atoms with Crippen LogP contribution < -0.4 is 0 Å². The Kier molecular flexibility index (Phi) is 2.81. The van der Waals surface area contributed by atoms with Crippen LogP contribution in [0.4, 0.5) is 0 Å². The Balaban J connectivity index is 0.000000605. The summed E-state index contributed by atoms with van der Waals surface area (Å²) in [4.78, 5) is 4.20. The van der Waals surface area contributed by atoms with Gasteiger partial charge in [0.2, 0.25) is 0 Å². The third-order valence-electron chi connectivity index (χ3n) is 1.28. The second-order valence-corrected chi connectivity index (χ2v) is 3.72. The number of fused-ring (bicyclic) bond motifs is 1. The van der Waals surface area contributed by atoms with Crippen LogP contribution in [0.15, 0.2) is 28.6 Å². The van der Waals surface area contributed by atoms with Gasteiger partial charge in [-0.15, -0.1) is 24.0 Å². The maximum absolute atomic E-state index is 4.20. The van der Waals surface area contributed by atoms with Crippen LogP contribution in [0.5, 0.6) is 0 Å². The van der Waals surface area contributed by atoms with Crippen molar-refractivity contribution in [2.45, 2.75) is 4.34 Å². The van der Waals surface area contributed by atoms with E-state index in [0.29, 0.717) is 0 Å². The van der Waals surface area contributed by atoms with Crippen LogP contribution in [0.1, 0.15) is 0 Å². The first-order chi connectivity index (χ1) is 4.86. The molecule has 0 amide bonds. The number of thiazole rings is 1. The summed E-state index contributed by atoms with van der Waals surface area (Å²) in [5.41, 5.74) is 1.04. The molecule has 2 rings (SSSR count). The number of aromatic nitrogens is 1. The van der Waals surface area contributed by atoms with Crippen molar-refractivity contribution in [1.82, 2.24) is 4.98 Å². The Morgan fingerprint density at radius 1 is 1.27 bits per heavy atom. The summed E-state index contributed by atoms with van der Waals surface area (Å²) in [5.74, 6) is 0. The third kappa shape index (κ3) is 1.69. The van der Waals surface area contributed by atoms with Crippen molar-refractivity contribution in [2.75, 3.05) is 0 Å². The fraction of sp³-hybridized carbons (Fsp3) is 0. The number of rotatable bonds is 0. The summed E-state index contributed by atoms with van der Waals surface area (Å²) in [7, 11) is 0. The summed E-state index contributed by atoms with van der Waals surface area (Å²) >= 11 is 5.76. The molecule has 0 saturated carbocycles. The summed E-state index contributed by atoms with van der Waals surface area (Å²) < 4.78 is 2.04. The zero-order chi connectivity index (χ0) is 6.97. The molecule has 1 aromatic heterocycles. The van der Waals surface area contributed by atoms with Crippen molar-refractivity contribution in [3.63, 3.8) is 0 Å². The predicted octanol–water partition coefficient (Wildman–Crippen LogP) is 3.23. The minimum Gasteiger partial charge on any atom is -0.230 e. The highest BCUT2D eigenvalue weighted by molar-refractivity contribution is 7.82. The van der Waals surface area contributed by atoms with Gasteiger partial charge in [0.05, 0.1) is 10.2 Å². The molecular formula is C7H5NS3. The van der Waals surface area contributed by atoms with Crippen molar-refractivity contribution < 1.29 is 0 Å². The zero-order valence-electron chi connectivity index (χ0n) is 5.52. The van der Waals surface area contributed by atoms with Gasteiger partial charge in [0.15, 0.2) is 0 Å². The second kappa shape index (κ2) is 3.47. The SMILES string of the molecule is Sc1nc2ccccc2s1.[S]. The Labute approximate surface area is 81.3 Å². The highest BCUT2D eigenvalue weighted by Crippen LogP contribution is 2.23. The van der Waals surface area contributed by atoms with E-state index in [9.17, 15) is 0 Å². The number of thiol groups is 1. The molecule has 0 atom stereocenters. The number of benzene rings is 1. The van der Waals surface area contributed by atoms with E-state index < -0.39 is 0 Å². The lowest BCUT2D eigenvalue weighted by molar-refractivity contribution is 1.31. The molecule has 1 aromatic carbocycles. The molecule has 56 valence electrons. The number of para-hydroxylation sites is 1. The van der Waals surface area contributed by atoms with E-state index in [2.05, 4.69) is 17.6 Å². The van der Waals surface area contributed by atoms with Crippen molar-refractivity contribution in [3.8, 4) is 0 Å². The molecule has 4 heteroatoms. The van der Waals surface area contributed by atoms with Gasteiger partial charge in [-0.25, -0.2) is 4.98 Å². The Morgan fingerprint density at radius 2 is 2.00 bits per heavy atom. The Bertz CT molecular complexity index is 322. The highest BCUT2D eigenvalue weighted by atomic mass is 32.2. The van der Waals surface area contributed by atoms with Crippen LogP contribution in [0.3, 0.4) is 0 Å². The largest absolute Gasteiger partial charge is 0.230 e. The first-order valence-corrected chi connectivity index (χ1v) is 4.17. The summed E-state index contributed by atoms with van der Waals surface area (Å²) in [6.07, 6.45) is 0. The molecule has 0 aliphatic heterocycles. The van der Waals surface area contributed by atoms with Crippen LogP contribution in [-0.4, -0.2) is 4.98 Å². The topological polar surface area (TPSA) is 12.9 Å². The van der Waals surface area contributed by atoms with Gasteiger partial charge in [0.1, 0.15) is 4.34 Å². The van der Waals surface area contributed by atoms with Gasteiger partial charge in [0, 0.05) is 13.5 Å². The van der Waals surface area contributed by atoms with E-state index in [1.807, 2.05) is 24.3 Å². The van der Waals surface area contributed by atoms with Crippen molar-refractivity contribution in [2.24, 2.45) is 0 Å². The normalized spacial score (nSPS) is 9.55. The molecule has 2 radical (unpaired) electrons. The standard InChI is InChI=1S/C7H5NS2.S/c9-7-8-5-3-1-2-4-6(5)10-7;/h1-4H,(H,8,9);. The van der Waals surface area contributed by atoms with Gasteiger partial charge in [-0.2, -0.15) is 0 Å². The molecule has 0 aliphatic carbocycles. The summed E-state index contributed by atoms with van der Waals surface area (Å²) in [6, 6.07) is 8.03. The average Bonchev–Trinajstić information content (AvgIpc) is 2.27. The Morgan fingerprint density at radius 3 is 2.73 bits per heavy atom. The van der Waals surface area contributed by atoms with Gasteiger partial charge in [0.25, 0.3) is 0 Å². The van der Waals surface area contributed by atoms with Crippen LogP contribution in [-0.2, 0) is 0 Å². The third-order valence-corrected chi connectivity index (χ3v) is 2.50. The summed E-state index contributed by atoms with van der Waals surface area (Å²) in [6.45, 7) is 0. The molecule has 11 heavy (non-hydrogen) atoms. The first-order valence-electron chi connectivity index (χ1n) is 2.91. The molecule has 1 nitrogen and oxygen atoms in total. The number of hydrogen-bond donors (Lipinski definition) is 1. The molecule has 0 unspecified atom stereocenters. The van der Waals surface area contributed by atoms with E-state index in [4.69, 9.17) is 0 Å². The molecule has 0 bridgehead atoms. The van der Waals surface area contributed by atoms with E-state index in [0.717, 1.165) is 9.86 Å². The maximum atomic E-state index is 4.20. The van der Waals surface area contributed by atoms with Gasteiger partial charge >= 0.3 is 0 Å². The molecule has 0 fully saturated rings. The van der Waals surface area contributed by atoms with Crippen molar-refractivity contribution in [1.29, 1.82) is 0 Å². The fourth-order valence-corrected chi connectivity index (χ4v) is 1.97.